The van der Waals surface area contributed by atoms with Crippen molar-refractivity contribution in [1.29, 1.82) is 0 Å². The average molecular weight is 339 g/mol. The van der Waals surface area contributed by atoms with Gasteiger partial charge in [-0.25, -0.2) is 0 Å². The number of rotatable bonds is 5. The Bertz CT molecular complexity index is 739. The number of benzene rings is 2. The Morgan fingerprint density at radius 1 is 1.08 bits per heavy atom. The summed E-state index contributed by atoms with van der Waals surface area (Å²) in [6.45, 7) is 2.91. The molecule has 1 amide bonds. The van der Waals surface area contributed by atoms with E-state index in [-0.39, 0.29) is 11.9 Å². The van der Waals surface area contributed by atoms with E-state index in [2.05, 4.69) is 31.2 Å². The van der Waals surface area contributed by atoms with E-state index < -0.39 is 0 Å². The fraction of sp³-hybridized carbons (Fsp3) is 0.381. The van der Waals surface area contributed by atoms with Crippen molar-refractivity contribution in [2.45, 2.75) is 32.2 Å². The van der Waals surface area contributed by atoms with Crippen molar-refractivity contribution in [3.63, 3.8) is 0 Å². The topological polar surface area (TPSA) is 38.8 Å². The maximum Gasteiger partial charge on any atom is 0.227 e. The zero-order valence-corrected chi connectivity index (χ0v) is 15.1. The third-order valence-electron chi connectivity index (χ3n) is 4.84. The zero-order chi connectivity index (χ0) is 17.8. The van der Waals surface area contributed by atoms with E-state index in [0.717, 1.165) is 24.9 Å². The van der Waals surface area contributed by atoms with Gasteiger partial charge in [0.1, 0.15) is 0 Å². The van der Waals surface area contributed by atoms with Crippen molar-refractivity contribution in [1.82, 2.24) is 4.90 Å². The van der Waals surface area contributed by atoms with Crippen LogP contribution in [0.1, 0.15) is 35.6 Å². The summed E-state index contributed by atoms with van der Waals surface area (Å²) < 4.78 is 10.6. The molecule has 0 aliphatic carbocycles. The number of methoxy groups -OCH3 is 2. The van der Waals surface area contributed by atoms with Gasteiger partial charge in [-0.1, -0.05) is 35.9 Å². The van der Waals surface area contributed by atoms with Crippen LogP contribution in [0.25, 0.3) is 0 Å². The van der Waals surface area contributed by atoms with Gasteiger partial charge in [-0.05, 0) is 43.0 Å². The number of hydrogen-bond donors (Lipinski definition) is 0. The molecular formula is C21H25NO3. The molecule has 132 valence electrons. The molecule has 1 heterocycles. The summed E-state index contributed by atoms with van der Waals surface area (Å²) in [6.07, 6.45) is 2.46. The summed E-state index contributed by atoms with van der Waals surface area (Å²) in [5.74, 6) is 1.50. The Morgan fingerprint density at radius 3 is 2.48 bits per heavy atom. The molecule has 1 aliphatic heterocycles. The van der Waals surface area contributed by atoms with Crippen molar-refractivity contribution in [2.75, 3.05) is 20.8 Å². The average Bonchev–Trinajstić information content (AvgIpc) is 3.12. The summed E-state index contributed by atoms with van der Waals surface area (Å²) in [7, 11) is 3.22. The van der Waals surface area contributed by atoms with Gasteiger partial charge in [0.15, 0.2) is 11.5 Å². The van der Waals surface area contributed by atoms with E-state index >= 15 is 0 Å². The number of carbonyl (C=O) groups is 1. The lowest BCUT2D eigenvalue weighted by atomic mass is 10.0. The number of aryl methyl sites for hydroxylation is 1. The van der Waals surface area contributed by atoms with Gasteiger partial charge >= 0.3 is 0 Å². The van der Waals surface area contributed by atoms with Gasteiger partial charge in [-0.15, -0.1) is 0 Å². The van der Waals surface area contributed by atoms with E-state index in [1.54, 1.807) is 14.2 Å². The van der Waals surface area contributed by atoms with Gasteiger partial charge in [0.2, 0.25) is 5.91 Å². The number of nitrogens with zero attached hydrogens (tertiary/aromatic N) is 1. The van der Waals surface area contributed by atoms with Crippen molar-refractivity contribution in [3.8, 4) is 11.5 Å². The van der Waals surface area contributed by atoms with Gasteiger partial charge in [0.25, 0.3) is 0 Å². The maximum absolute atomic E-state index is 12.9. The quantitative estimate of drug-likeness (QED) is 0.829. The van der Waals surface area contributed by atoms with Crippen LogP contribution in [0.3, 0.4) is 0 Å². The van der Waals surface area contributed by atoms with E-state index in [4.69, 9.17) is 9.47 Å². The lowest BCUT2D eigenvalue weighted by molar-refractivity contribution is -0.131. The molecule has 0 saturated carbocycles. The predicted molar refractivity (Wildman–Crippen MR) is 98.1 cm³/mol. The summed E-state index contributed by atoms with van der Waals surface area (Å²) in [6, 6.07) is 14.4. The minimum atomic E-state index is 0.162. The maximum atomic E-state index is 12.9. The Hall–Kier alpha value is -2.49. The van der Waals surface area contributed by atoms with Crippen molar-refractivity contribution in [2.24, 2.45) is 0 Å². The summed E-state index contributed by atoms with van der Waals surface area (Å²) in [5, 5.41) is 0. The second-order valence-corrected chi connectivity index (χ2v) is 6.52. The summed E-state index contributed by atoms with van der Waals surface area (Å²) in [5.41, 5.74) is 3.41. The second-order valence-electron chi connectivity index (χ2n) is 6.52. The highest BCUT2D eigenvalue weighted by atomic mass is 16.5. The number of ether oxygens (including phenoxy) is 2. The highest BCUT2D eigenvalue weighted by Gasteiger charge is 2.29. The predicted octanol–water partition coefficient (Wildman–Crippen LogP) is 3.92. The molecule has 1 fully saturated rings. The zero-order valence-electron chi connectivity index (χ0n) is 15.1. The van der Waals surface area contributed by atoms with Crippen LogP contribution in [-0.4, -0.2) is 31.6 Å². The third-order valence-corrected chi connectivity index (χ3v) is 4.84. The van der Waals surface area contributed by atoms with Crippen molar-refractivity contribution >= 4 is 5.91 Å². The van der Waals surface area contributed by atoms with Gasteiger partial charge in [0.05, 0.1) is 26.7 Å². The highest BCUT2D eigenvalue weighted by molar-refractivity contribution is 5.79. The highest BCUT2D eigenvalue weighted by Crippen LogP contribution is 2.33. The molecule has 0 bridgehead atoms. The van der Waals surface area contributed by atoms with Gasteiger partial charge < -0.3 is 14.4 Å². The number of likely N-dealkylation sites (tertiary alicyclic amines) is 1. The molecule has 0 aromatic heterocycles. The normalized spacial score (nSPS) is 16.8. The van der Waals surface area contributed by atoms with E-state index in [1.165, 1.54) is 11.1 Å². The minimum absolute atomic E-state index is 0.162. The van der Waals surface area contributed by atoms with E-state index in [0.29, 0.717) is 17.9 Å². The van der Waals surface area contributed by atoms with Gasteiger partial charge in [0, 0.05) is 6.54 Å². The first kappa shape index (κ1) is 17.3. The van der Waals surface area contributed by atoms with Crippen LogP contribution in [0.2, 0.25) is 0 Å². The first-order valence-electron chi connectivity index (χ1n) is 8.69. The van der Waals surface area contributed by atoms with E-state index in [9.17, 15) is 4.79 Å². The first-order chi connectivity index (χ1) is 12.1. The molecule has 4 heteroatoms. The molecule has 1 atom stereocenters. The molecule has 0 spiro atoms. The fourth-order valence-corrected chi connectivity index (χ4v) is 3.47. The molecule has 1 saturated heterocycles. The Balaban J connectivity index is 1.75. The Morgan fingerprint density at radius 2 is 1.80 bits per heavy atom. The van der Waals surface area contributed by atoms with Gasteiger partial charge in [-0.2, -0.15) is 0 Å². The first-order valence-corrected chi connectivity index (χ1v) is 8.69. The molecule has 0 radical (unpaired) electrons. The molecule has 2 aromatic carbocycles. The molecule has 1 aliphatic rings. The molecule has 25 heavy (non-hydrogen) atoms. The monoisotopic (exact) mass is 339 g/mol. The van der Waals surface area contributed by atoms with Crippen LogP contribution < -0.4 is 9.47 Å². The molecule has 3 rings (SSSR count). The minimum Gasteiger partial charge on any atom is -0.493 e. The number of hydrogen-bond acceptors (Lipinski definition) is 3. The summed E-state index contributed by atoms with van der Waals surface area (Å²) in [4.78, 5) is 14.9. The Kier molecular flexibility index (Phi) is 5.27. The SMILES string of the molecule is COc1ccc(CC(=O)N2CCC[C@H]2c2ccc(C)cc2)cc1OC. The number of amides is 1. The van der Waals surface area contributed by atoms with E-state index in [1.807, 2.05) is 23.1 Å². The number of carbonyl (C=O) groups excluding carboxylic acids is 1. The van der Waals surface area contributed by atoms with Crippen molar-refractivity contribution < 1.29 is 14.3 Å². The van der Waals surface area contributed by atoms with Gasteiger partial charge in [-0.3, -0.25) is 4.79 Å². The molecule has 4 nitrogen and oxygen atoms in total. The standard InChI is InChI=1S/C21H25NO3/c1-15-6-9-17(10-7-15)18-5-4-12-22(18)21(23)14-16-8-11-19(24-2)20(13-16)25-3/h6-11,13,18H,4-5,12,14H2,1-3H3/t18-/m0/s1. The molecule has 2 aromatic rings. The Labute approximate surface area is 149 Å². The fourth-order valence-electron chi connectivity index (χ4n) is 3.47. The second kappa shape index (κ2) is 7.60. The third kappa shape index (κ3) is 3.78. The lowest BCUT2D eigenvalue weighted by Gasteiger charge is -2.25. The van der Waals surface area contributed by atoms with Crippen LogP contribution in [-0.2, 0) is 11.2 Å². The van der Waals surface area contributed by atoms with Crippen LogP contribution in [0.4, 0.5) is 0 Å². The molecular weight excluding hydrogens is 314 g/mol. The van der Waals surface area contributed by atoms with Crippen LogP contribution >= 0.6 is 0 Å². The lowest BCUT2D eigenvalue weighted by Crippen LogP contribution is -2.31. The largest absolute Gasteiger partial charge is 0.493 e. The van der Waals surface area contributed by atoms with Crippen LogP contribution in [0, 0.1) is 6.92 Å². The smallest absolute Gasteiger partial charge is 0.227 e. The van der Waals surface area contributed by atoms with Crippen molar-refractivity contribution in [3.05, 3.63) is 59.2 Å². The van der Waals surface area contributed by atoms with Crippen LogP contribution in [0.5, 0.6) is 11.5 Å². The molecule has 0 N–H and O–H groups in total. The molecule has 0 unspecified atom stereocenters. The van der Waals surface area contributed by atoms with Crippen LogP contribution in [0.15, 0.2) is 42.5 Å². The summed E-state index contributed by atoms with van der Waals surface area (Å²) >= 11 is 0.